The van der Waals surface area contributed by atoms with Crippen LogP contribution in [0.1, 0.15) is 37.7 Å². The van der Waals surface area contributed by atoms with Gasteiger partial charge in [-0.25, -0.2) is 4.79 Å². The number of carbonyl (C=O) groups excluding carboxylic acids is 2. The van der Waals surface area contributed by atoms with Crippen molar-refractivity contribution < 1.29 is 14.3 Å². The molecule has 1 aliphatic rings. The summed E-state index contributed by atoms with van der Waals surface area (Å²) >= 11 is 3.47. The fourth-order valence-electron chi connectivity index (χ4n) is 2.87. The van der Waals surface area contributed by atoms with Gasteiger partial charge in [-0.1, -0.05) is 53.4 Å². The van der Waals surface area contributed by atoms with Crippen molar-refractivity contribution in [3.63, 3.8) is 0 Å². The third-order valence-corrected chi connectivity index (χ3v) is 4.93. The minimum atomic E-state index is -0.641. The Balaban J connectivity index is 2.04. The maximum atomic E-state index is 12.4. The number of carbonyl (C=O) groups is 2. The molecule has 0 bridgehead atoms. The highest BCUT2D eigenvalue weighted by atomic mass is 79.9. The molecule has 0 aliphatic heterocycles. The van der Waals surface area contributed by atoms with E-state index in [1.54, 1.807) is 0 Å². The molecular weight excluding hydrogens is 346 g/mol. The van der Waals surface area contributed by atoms with E-state index in [9.17, 15) is 9.59 Å². The van der Waals surface area contributed by atoms with E-state index in [0.717, 1.165) is 35.7 Å². The molecule has 5 heteroatoms. The fraction of sp³-hybridized carbons (Fsp3) is 0.529. The molecule has 1 saturated carbocycles. The molecule has 120 valence electrons. The smallest absolute Gasteiger partial charge is 0.328 e. The largest absolute Gasteiger partial charge is 0.467 e. The number of amides is 1. The van der Waals surface area contributed by atoms with E-state index >= 15 is 0 Å². The van der Waals surface area contributed by atoms with Crippen LogP contribution >= 0.6 is 15.9 Å². The number of esters is 1. The van der Waals surface area contributed by atoms with Crippen LogP contribution in [0.2, 0.25) is 0 Å². The molecule has 1 aromatic carbocycles. The van der Waals surface area contributed by atoms with E-state index in [4.69, 9.17) is 4.74 Å². The van der Waals surface area contributed by atoms with Crippen LogP contribution in [0.3, 0.4) is 0 Å². The molecule has 0 saturated heterocycles. The van der Waals surface area contributed by atoms with Crippen molar-refractivity contribution in [2.45, 2.75) is 44.6 Å². The SMILES string of the molecule is COC(=O)[C@H](Cc1ccccc1Br)NC(=O)C1CCCCC1. The molecule has 0 radical (unpaired) electrons. The second kappa shape index (κ2) is 8.32. The van der Waals surface area contributed by atoms with Crippen LogP contribution in [0.15, 0.2) is 28.7 Å². The summed E-state index contributed by atoms with van der Waals surface area (Å²) in [4.78, 5) is 24.4. The molecule has 0 spiro atoms. The Morgan fingerprint density at radius 2 is 1.95 bits per heavy atom. The summed E-state index contributed by atoms with van der Waals surface area (Å²) < 4.78 is 5.77. The third kappa shape index (κ3) is 4.57. The first-order valence-electron chi connectivity index (χ1n) is 7.73. The summed E-state index contributed by atoms with van der Waals surface area (Å²) in [5.41, 5.74) is 0.974. The number of rotatable bonds is 5. The molecule has 0 unspecified atom stereocenters. The summed E-state index contributed by atoms with van der Waals surface area (Å²) in [5.74, 6) is -0.401. The molecule has 2 rings (SSSR count). The molecule has 22 heavy (non-hydrogen) atoms. The number of hydrogen-bond acceptors (Lipinski definition) is 3. The van der Waals surface area contributed by atoms with Crippen molar-refractivity contribution >= 4 is 27.8 Å². The highest BCUT2D eigenvalue weighted by Gasteiger charge is 2.27. The Hall–Kier alpha value is -1.36. The van der Waals surface area contributed by atoms with Crippen molar-refractivity contribution in [2.75, 3.05) is 7.11 Å². The number of benzene rings is 1. The Morgan fingerprint density at radius 1 is 1.27 bits per heavy atom. The predicted octanol–water partition coefficient (Wildman–Crippen LogP) is 3.23. The van der Waals surface area contributed by atoms with Crippen LogP contribution in [0, 0.1) is 5.92 Å². The zero-order valence-electron chi connectivity index (χ0n) is 12.8. The predicted molar refractivity (Wildman–Crippen MR) is 88.4 cm³/mol. The lowest BCUT2D eigenvalue weighted by molar-refractivity contribution is -0.145. The Kier molecular flexibility index (Phi) is 6.43. The van der Waals surface area contributed by atoms with Gasteiger partial charge in [0.2, 0.25) is 5.91 Å². The molecule has 0 heterocycles. The van der Waals surface area contributed by atoms with Gasteiger partial charge in [-0.15, -0.1) is 0 Å². The number of ether oxygens (including phenoxy) is 1. The van der Waals surface area contributed by atoms with Gasteiger partial charge >= 0.3 is 5.97 Å². The van der Waals surface area contributed by atoms with E-state index in [2.05, 4.69) is 21.2 Å². The van der Waals surface area contributed by atoms with E-state index in [-0.39, 0.29) is 11.8 Å². The first-order valence-corrected chi connectivity index (χ1v) is 8.52. The summed E-state index contributed by atoms with van der Waals surface area (Å²) in [6.07, 6.45) is 5.62. The zero-order valence-corrected chi connectivity index (χ0v) is 14.4. The fourth-order valence-corrected chi connectivity index (χ4v) is 3.32. The first-order chi connectivity index (χ1) is 10.6. The van der Waals surface area contributed by atoms with Crippen LogP contribution < -0.4 is 5.32 Å². The van der Waals surface area contributed by atoms with E-state index in [0.29, 0.717) is 6.42 Å². The van der Waals surface area contributed by atoms with Crippen molar-refractivity contribution in [2.24, 2.45) is 5.92 Å². The van der Waals surface area contributed by atoms with Gasteiger partial charge in [0, 0.05) is 16.8 Å². The van der Waals surface area contributed by atoms with Crippen molar-refractivity contribution in [1.29, 1.82) is 0 Å². The second-order valence-corrected chi connectivity index (χ2v) is 6.57. The summed E-state index contributed by atoms with van der Waals surface area (Å²) in [6, 6.07) is 7.05. The lowest BCUT2D eigenvalue weighted by atomic mass is 9.88. The highest BCUT2D eigenvalue weighted by Crippen LogP contribution is 2.24. The normalized spacial score (nSPS) is 16.8. The summed E-state index contributed by atoms with van der Waals surface area (Å²) in [6.45, 7) is 0. The number of nitrogens with one attached hydrogen (secondary N) is 1. The third-order valence-electron chi connectivity index (χ3n) is 4.16. The van der Waals surface area contributed by atoms with E-state index < -0.39 is 12.0 Å². The van der Waals surface area contributed by atoms with Gasteiger partial charge in [0.25, 0.3) is 0 Å². The molecule has 0 aromatic heterocycles. The minimum absolute atomic E-state index is 0.0258. The molecular formula is C17H22BrNO3. The van der Waals surface area contributed by atoms with Gasteiger partial charge < -0.3 is 10.1 Å². The first kappa shape index (κ1) is 17.0. The number of halogens is 1. The van der Waals surface area contributed by atoms with E-state index in [1.807, 2.05) is 24.3 Å². The molecule has 1 amide bonds. The van der Waals surface area contributed by atoms with Gasteiger partial charge in [0.1, 0.15) is 6.04 Å². The molecule has 4 nitrogen and oxygen atoms in total. The summed E-state index contributed by atoms with van der Waals surface area (Å²) in [5, 5.41) is 2.88. The standard InChI is InChI=1S/C17H22BrNO3/c1-22-17(21)15(11-13-9-5-6-10-14(13)18)19-16(20)12-7-3-2-4-8-12/h5-6,9-10,12,15H,2-4,7-8,11H2,1H3,(H,19,20)/t15-/m0/s1. The zero-order chi connectivity index (χ0) is 15.9. The Labute approximate surface area is 139 Å². The molecule has 1 fully saturated rings. The van der Waals surface area contributed by atoms with Crippen molar-refractivity contribution in [1.82, 2.24) is 5.32 Å². The van der Waals surface area contributed by atoms with Gasteiger partial charge in [0.15, 0.2) is 0 Å². The lowest BCUT2D eigenvalue weighted by Crippen LogP contribution is -2.45. The number of methoxy groups -OCH3 is 1. The topological polar surface area (TPSA) is 55.4 Å². The van der Waals surface area contributed by atoms with Gasteiger partial charge in [-0.3, -0.25) is 4.79 Å². The van der Waals surface area contributed by atoms with Crippen molar-refractivity contribution in [3.05, 3.63) is 34.3 Å². The minimum Gasteiger partial charge on any atom is -0.467 e. The molecule has 1 aromatic rings. The average Bonchev–Trinajstić information content (AvgIpc) is 2.56. The van der Waals surface area contributed by atoms with Crippen LogP contribution in [-0.4, -0.2) is 25.0 Å². The lowest BCUT2D eigenvalue weighted by Gasteiger charge is -2.24. The van der Waals surface area contributed by atoms with Crippen LogP contribution in [0.5, 0.6) is 0 Å². The van der Waals surface area contributed by atoms with Crippen LogP contribution in [0.4, 0.5) is 0 Å². The van der Waals surface area contributed by atoms with Gasteiger partial charge in [-0.05, 0) is 24.5 Å². The Morgan fingerprint density at radius 3 is 2.59 bits per heavy atom. The van der Waals surface area contributed by atoms with E-state index in [1.165, 1.54) is 13.5 Å². The second-order valence-electron chi connectivity index (χ2n) is 5.71. The average molecular weight is 368 g/mol. The monoisotopic (exact) mass is 367 g/mol. The molecule has 1 atom stereocenters. The van der Waals surface area contributed by atoms with Gasteiger partial charge in [0.05, 0.1) is 7.11 Å². The molecule has 1 aliphatic carbocycles. The highest BCUT2D eigenvalue weighted by molar-refractivity contribution is 9.10. The number of hydrogen-bond donors (Lipinski definition) is 1. The Bertz CT molecular complexity index is 526. The summed E-state index contributed by atoms with van der Waals surface area (Å²) in [7, 11) is 1.35. The maximum absolute atomic E-state index is 12.4. The quantitative estimate of drug-likeness (QED) is 0.812. The van der Waals surface area contributed by atoms with Crippen molar-refractivity contribution in [3.8, 4) is 0 Å². The van der Waals surface area contributed by atoms with Crippen LogP contribution in [0.25, 0.3) is 0 Å². The van der Waals surface area contributed by atoms with Gasteiger partial charge in [-0.2, -0.15) is 0 Å². The molecule has 1 N–H and O–H groups in total. The maximum Gasteiger partial charge on any atom is 0.328 e. The van der Waals surface area contributed by atoms with Crippen LogP contribution in [-0.2, 0) is 20.7 Å².